The van der Waals surface area contributed by atoms with Gasteiger partial charge in [-0.05, 0) is 30.7 Å². The fourth-order valence-corrected chi connectivity index (χ4v) is 2.59. The average molecular weight is 299 g/mol. The number of para-hydroxylation sites is 1. The van der Waals surface area contributed by atoms with Crippen LogP contribution in [0.2, 0.25) is 0 Å². The Labute approximate surface area is 125 Å². The summed E-state index contributed by atoms with van der Waals surface area (Å²) < 4.78 is 6.85. The van der Waals surface area contributed by atoms with Gasteiger partial charge in [0, 0.05) is 5.39 Å². The molecule has 0 saturated carbocycles. The van der Waals surface area contributed by atoms with Crippen LogP contribution in [0.4, 0.5) is 0 Å². The highest BCUT2D eigenvalue weighted by Crippen LogP contribution is 2.25. The molecule has 0 saturated heterocycles. The van der Waals surface area contributed by atoms with Gasteiger partial charge < -0.3 is 19.2 Å². The molecule has 0 amide bonds. The Kier molecular flexibility index (Phi) is 3.21. The number of aromatic carboxylic acids is 2. The number of aryl methyl sites for hydroxylation is 1. The van der Waals surface area contributed by atoms with Crippen molar-refractivity contribution in [3.8, 4) is 0 Å². The second-order valence-electron chi connectivity index (χ2n) is 5.00. The van der Waals surface area contributed by atoms with Crippen LogP contribution in [0.3, 0.4) is 0 Å². The third kappa shape index (κ3) is 2.24. The van der Waals surface area contributed by atoms with Crippen molar-refractivity contribution in [1.29, 1.82) is 0 Å². The Morgan fingerprint density at radius 3 is 2.55 bits per heavy atom. The van der Waals surface area contributed by atoms with Crippen molar-refractivity contribution in [3.63, 3.8) is 0 Å². The van der Waals surface area contributed by atoms with E-state index in [1.54, 1.807) is 16.7 Å². The summed E-state index contributed by atoms with van der Waals surface area (Å²) in [5, 5.41) is 19.1. The lowest BCUT2D eigenvalue weighted by atomic mass is 10.2. The Morgan fingerprint density at radius 1 is 1.14 bits per heavy atom. The zero-order valence-corrected chi connectivity index (χ0v) is 11.7. The fourth-order valence-electron chi connectivity index (χ4n) is 2.59. The third-order valence-electron chi connectivity index (χ3n) is 3.53. The monoisotopic (exact) mass is 299 g/mol. The van der Waals surface area contributed by atoms with E-state index in [0.29, 0.717) is 5.76 Å². The van der Waals surface area contributed by atoms with E-state index in [-0.39, 0.29) is 18.0 Å². The molecule has 22 heavy (non-hydrogen) atoms. The molecule has 0 aliphatic rings. The molecule has 0 bridgehead atoms. The van der Waals surface area contributed by atoms with Gasteiger partial charge in [0.1, 0.15) is 11.5 Å². The van der Waals surface area contributed by atoms with Crippen LogP contribution in [0.1, 0.15) is 32.4 Å². The Balaban J connectivity index is 2.13. The molecule has 1 aromatic carbocycles. The lowest BCUT2D eigenvalue weighted by Crippen LogP contribution is -2.09. The van der Waals surface area contributed by atoms with Gasteiger partial charge in [0.15, 0.2) is 0 Å². The van der Waals surface area contributed by atoms with Crippen molar-refractivity contribution in [1.82, 2.24) is 4.57 Å². The summed E-state index contributed by atoms with van der Waals surface area (Å²) in [5.41, 5.74) is 1.88. The van der Waals surface area contributed by atoms with Crippen LogP contribution in [0.25, 0.3) is 10.9 Å². The Morgan fingerprint density at radius 2 is 1.91 bits per heavy atom. The van der Waals surface area contributed by atoms with Crippen LogP contribution in [0.15, 0.2) is 40.8 Å². The first kappa shape index (κ1) is 13.9. The summed E-state index contributed by atoms with van der Waals surface area (Å²) in [6.45, 7) is 2.05. The van der Waals surface area contributed by atoms with Crippen LogP contribution in [-0.4, -0.2) is 26.7 Å². The van der Waals surface area contributed by atoms with E-state index < -0.39 is 11.9 Å². The van der Waals surface area contributed by atoms with Gasteiger partial charge in [0.05, 0.1) is 12.1 Å². The zero-order chi connectivity index (χ0) is 15.9. The number of benzene rings is 1. The number of nitrogens with zero attached hydrogens (tertiary/aromatic N) is 1. The second-order valence-corrected chi connectivity index (χ2v) is 5.00. The van der Waals surface area contributed by atoms with Crippen LogP contribution >= 0.6 is 0 Å². The highest BCUT2D eigenvalue weighted by atomic mass is 16.4. The molecule has 3 aromatic rings. The maximum absolute atomic E-state index is 11.5. The predicted molar refractivity (Wildman–Crippen MR) is 78.4 cm³/mol. The predicted octanol–water partition coefficient (Wildman–Crippen LogP) is 2.99. The Hall–Kier alpha value is -3.02. The quantitative estimate of drug-likeness (QED) is 0.772. The van der Waals surface area contributed by atoms with Gasteiger partial charge in [-0.25, -0.2) is 9.59 Å². The third-order valence-corrected chi connectivity index (χ3v) is 3.53. The molecular weight excluding hydrogens is 286 g/mol. The molecular formula is C16H13NO5. The normalized spacial score (nSPS) is 11.0. The first-order valence-corrected chi connectivity index (χ1v) is 6.61. The number of carbonyl (C=O) groups is 2. The van der Waals surface area contributed by atoms with E-state index in [2.05, 4.69) is 0 Å². The summed E-state index contributed by atoms with van der Waals surface area (Å²) in [5.74, 6) is -1.97. The van der Waals surface area contributed by atoms with E-state index in [1.807, 2.05) is 25.1 Å². The molecule has 2 N–H and O–H groups in total. The van der Waals surface area contributed by atoms with Crippen molar-refractivity contribution in [2.24, 2.45) is 0 Å². The molecule has 0 radical (unpaired) electrons. The van der Waals surface area contributed by atoms with E-state index in [9.17, 15) is 14.7 Å². The molecule has 2 heterocycles. The number of rotatable bonds is 4. The number of aromatic nitrogens is 1. The summed E-state index contributed by atoms with van der Waals surface area (Å²) in [7, 11) is 0. The first-order chi connectivity index (χ1) is 10.5. The highest BCUT2D eigenvalue weighted by molar-refractivity contribution is 5.95. The molecule has 0 aliphatic carbocycles. The summed E-state index contributed by atoms with van der Waals surface area (Å²) in [6, 6.07) is 10.1. The fraction of sp³-hybridized carbons (Fsp3) is 0.125. The highest BCUT2D eigenvalue weighted by Gasteiger charge is 2.18. The van der Waals surface area contributed by atoms with Gasteiger partial charge in [-0.3, -0.25) is 0 Å². The van der Waals surface area contributed by atoms with E-state index >= 15 is 0 Å². The average Bonchev–Trinajstić information content (AvgIpc) is 3.05. The van der Waals surface area contributed by atoms with E-state index in [0.717, 1.165) is 16.5 Å². The molecule has 6 nitrogen and oxygen atoms in total. The van der Waals surface area contributed by atoms with Gasteiger partial charge in [0.25, 0.3) is 0 Å². The molecule has 3 rings (SSSR count). The number of carboxylic acid groups (broad SMARTS) is 2. The molecule has 6 heteroatoms. The lowest BCUT2D eigenvalue weighted by molar-refractivity contribution is 0.0654. The summed E-state index contributed by atoms with van der Waals surface area (Å²) >= 11 is 0. The minimum atomic E-state index is -1.15. The first-order valence-electron chi connectivity index (χ1n) is 6.61. The molecule has 0 unspecified atom stereocenters. The minimum Gasteiger partial charge on any atom is -0.477 e. The number of fused-ring (bicyclic) bond motifs is 1. The van der Waals surface area contributed by atoms with Crippen molar-refractivity contribution in [2.75, 3.05) is 0 Å². The van der Waals surface area contributed by atoms with Crippen LogP contribution in [-0.2, 0) is 6.54 Å². The minimum absolute atomic E-state index is 0.137. The standard InChI is InChI=1S/C16H13NO5/c1-9-3-2-4-10-7-12(15(18)19)17(14(9)10)8-11-5-6-13(22-11)16(20)21/h2-7H,8H2,1H3,(H,18,19)(H,20,21). The van der Waals surface area contributed by atoms with Crippen molar-refractivity contribution in [2.45, 2.75) is 13.5 Å². The molecule has 0 aliphatic heterocycles. The lowest BCUT2D eigenvalue weighted by Gasteiger charge is -2.08. The van der Waals surface area contributed by atoms with Crippen LogP contribution < -0.4 is 0 Å². The summed E-state index contributed by atoms with van der Waals surface area (Å²) in [6.07, 6.45) is 0. The maximum Gasteiger partial charge on any atom is 0.371 e. The second kappa shape index (κ2) is 5.07. The topological polar surface area (TPSA) is 92.7 Å². The molecule has 0 fully saturated rings. The zero-order valence-electron chi connectivity index (χ0n) is 11.7. The van der Waals surface area contributed by atoms with Crippen molar-refractivity contribution in [3.05, 3.63) is 59.2 Å². The number of carboxylic acids is 2. The SMILES string of the molecule is Cc1cccc2cc(C(=O)O)n(Cc3ccc(C(=O)O)o3)c12. The summed E-state index contributed by atoms with van der Waals surface area (Å²) in [4.78, 5) is 22.3. The largest absolute Gasteiger partial charge is 0.477 e. The van der Waals surface area contributed by atoms with Crippen LogP contribution in [0, 0.1) is 6.92 Å². The smallest absolute Gasteiger partial charge is 0.371 e. The molecule has 0 spiro atoms. The van der Waals surface area contributed by atoms with Crippen molar-refractivity contribution < 1.29 is 24.2 Å². The number of hydrogen-bond acceptors (Lipinski definition) is 3. The van der Waals surface area contributed by atoms with Gasteiger partial charge >= 0.3 is 11.9 Å². The van der Waals surface area contributed by atoms with Gasteiger partial charge in [-0.1, -0.05) is 18.2 Å². The molecule has 112 valence electrons. The Bertz CT molecular complexity index is 887. The number of hydrogen-bond donors (Lipinski definition) is 2. The van der Waals surface area contributed by atoms with Gasteiger partial charge in [0.2, 0.25) is 5.76 Å². The molecule has 0 atom stereocenters. The van der Waals surface area contributed by atoms with Gasteiger partial charge in [-0.2, -0.15) is 0 Å². The maximum atomic E-state index is 11.5. The molecule has 2 aromatic heterocycles. The van der Waals surface area contributed by atoms with E-state index in [1.165, 1.54) is 6.07 Å². The van der Waals surface area contributed by atoms with Crippen molar-refractivity contribution >= 4 is 22.8 Å². The number of furan rings is 1. The van der Waals surface area contributed by atoms with Gasteiger partial charge in [-0.15, -0.1) is 0 Å². The van der Waals surface area contributed by atoms with Crippen LogP contribution in [0.5, 0.6) is 0 Å². The van der Waals surface area contributed by atoms with E-state index in [4.69, 9.17) is 9.52 Å².